The van der Waals surface area contributed by atoms with Gasteiger partial charge in [0.25, 0.3) is 0 Å². The summed E-state index contributed by atoms with van der Waals surface area (Å²) in [7, 11) is 0. The molecule has 0 aliphatic carbocycles. The summed E-state index contributed by atoms with van der Waals surface area (Å²) in [5.41, 5.74) is 1.25. The van der Waals surface area contributed by atoms with Gasteiger partial charge in [0.05, 0.1) is 6.04 Å². The van der Waals surface area contributed by atoms with Crippen LogP contribution in [-0.2, 0) is 11.2 Å². The van der Waals surface area contributed by atoms with Crippen LogP contribution in [0, 0.1) is 0 Å². The number of likely N-dealkylation sites (tertiary alicyclic amines) is 1. The minimum Gasteiger partial charge on any atom is -0.341 e. The SMILES string of the molecule is CC(NCCc1ccncc1)C(=O)N1CCCCC1. The van der Waals surface area contributed by atoms with Crippen LogP contribution in [0.1, 0.15) is 31.7 Å². The van der Waals surface area contributed by atoms with E-state index < -0.39 is 0 Å². The highest BCUT2D eigenvalue weighted by Gasteiger charge is 2.21. The van der Waals surface area contributed by atoms with Crippen LogP contribution in [0.5, 0.6) is 0 Å². The number of carbonyl (C=O) groups is 1. The number of carbonyl (C=O) groups excluding carboxylic acids is 1. The molecule has 0 spiro atoms. The van der Waals surface area contributed by atoms with E-state index in [4.69, 9.17) is 0 Å². The van der Waals surface area contributed by atoms with Crippen molar-refractivity contribution in [3.05, 3.63) is 30.1 Å². The average Bonchev–Trinajstić information content (AvgIpc) is 2.48. The molecule has 2 heterocycles. The van der Waals surface area contributed by atoms with Gasteiger partial charge in [0.15, 0.2) is 0 Å². The first-order chi connectivity index (χ1) is 9.27. The number of hydrogen-bond donors (Lipinski definition) is 1. The largest absolute Gasteiger partial charge is 0.341 e. The summed E-state index contributed by atoms with van der Waals surface area (Å²) in [6.45, 7) is 4.64. The fourth-order valence-corrected chi connectivity index (χ4v) is 2.46. The molecular formula is C15H23N3O. The van der Waals surface area contributed by atoms with Crippen LogP contribution in [0.15, 0.2) is 24.5 Å². The molecule has 1 aliphatic heterocycles. The molecule has 1 atom stereocenters. The van der Waals surface area contributed by atoms with E-state index in [1.807, 2.05) is 24.0 Å². The molecule has 2 rings (SSSR count). The summed E-state index contributed by atoms with van der Waals surface area (Å²) in [5.74, 6) is 0.245. The quantitative estimate of drug-likeness (QED) is 0.876. The zero-order chi connectivity index (χ0) is 13.5. The smallest absolute Gasteiger partial charge is 0.239 e. The fraction of sp³-hybridized carbons (Fsp3) is 0.600. The van der Waals surface area contributed by atoms with E-state index in [0.717, 1.165) is 38.9 Å². The third kappa shape index (κ3) is 4.31. The standard InChI is InChI=1S/C15H23N3O/c1-13(15(19)18-11-3-2-4-12-18)17-10-7-14-5-8-16-9-6-14/h5-6,8-9,13,17H,2-4,7,10-12H2,1H3. The topological polar surface area (TPSA) is 45.2 Å². The van der Waals surface area contributed by atoms with Gasteiger partial charge in [0.1, 0.15) is 0 Å². The van der Waals surface area contributed by atoms with Crippen LogP contribution in [-0.4, -0.2) is 41.5 Å². The van der Waals surface area contributed by atoms with Gasteiger partial charge in [-0.1, -0.05) is 0 Å². The van der Waals surface area contributed by atoms with Crippen molar-refractivity contribution in [2.45, 2.75) is 38.6 Å². The first-order valence-corrected chi connectivity index (χ1v) is 7.18. The Labute approximate surface area is 115 Å². The van der Waals surface area contributed by atoms with Crippen LogP contribution >= 0.6 is 0 Å². The monoisotopic (exact) mass is 261 g/mol. The lowest BCUT2D eigenvalue weighted by atomic mass is 10.1. The third-order valence-corrected chi connectivity index (χ3v) is 3.65. The highest BCUT2D eigenvalue weighted by Crippen LogP contribution is 2.09. The van der Waals surface area contributed by atoms with E-state index in [0.29, 0.717) is 0 Å². The average molecular weight is 261 g/mol. The fourth-order valence-electron chi connectivity index (χ4n) is 2.46. The predicted octanol–water partition coefficient (Wildman–Crippen LogP) is 1.61. The Morgan fingerprint density at radius 1 is 1.32 bits per heavy atom. The second-order valence-corrected chi connectivity index (χ2v) is 5.17. The van der Waals surface area contributed by atoms with Gasteiger partial charge in [-0.05, 0) is 56.8 Å². The lowest BCUT2D eigenvalue weighted by Gasteiger charge is -2.29. The van der Waals surface area contributed by atoms with Crippen LogP contribution in [0.3, 0.4) is 0 Å². The molecule has 4 heteroatoms. The van der Waals surface area contributed by atoms with Crippen LogP contribution < -0.4 is 5.32 Å². The van der Waals surface area contributed by atoms with E-state index in [1.54, 1.807) is 12.4 Å². The maximum absolute atomic E-state index is 12.2. The summed E-state index contributed by atoms with van der Waals surface area (Å²) in [6, 6.07) is 3.94. The molecule has 1 N–H and O–H groups in total. The molecule has 104 valence electrons. The Morgan fingerprint density at radius 2 is 2.00 bits per heavy atom. The molecule has 1 aromatic heterocycles. The Morgan fingerprint density at radius 3 is 2.68 bits per heavy atom. The van der Waals surface area contributed by atoms with Crippen LogP contribution in [0.4, 0.5) is 0 Å². The number of pyridine rings is 1. The maximum atomic E-state index is 12.2. The van der Waals surface area contributed by atoms with Crippen molar-refractivity contribution < 1.29 is 4.79 Å². The Kier molecular flexibility index (Phi) is 5.33. The van der Waals surface area contributed by atoms with E-state index in [-0.39, 0.29) is 11.9 Å². The Hall–Kier alpha value is -1.42. The predicted molar refractivity (Wildman–Crippen MR) is 75.8 cm³/mol. The van der Waals surface area contributed by atoms with Crippen molar-refractivity contribution in [3.8, 4) is 0 Å². The molecule has 1 saturated heterocycles. The third-order valence-electron chi connectivity index (χ3n) is 3.65. The molecule has 1 fully saturated rings. The highest BCUT2D eigenvalue weighted by atomic mass is 16.2. The molecule has 0 aromatic carbocycles. The molecule has 1 aromatic rings. The van der Waals surface area contributed by atoms with Gasteiger partial charge in [0, 0.05) is 25.5 Å². The maximum Gasteiger partial charge on any atom is 0.239 e. The number of rotatable bonds is 5. The van der Waals surface area contributed by atoms with Crippen molar-refractivity contribution in [2.24, 2.45) is 0 Å². The summed E-state index contributed by atoms with van der Waals surface area (Å²) < 4.78 is 0. The number of aromatic nitrogens is 1. The van der Waals surface area contributed by atoms with Crippen LogP contribution in [0.25, 0.3) is 0 Å². The van der Waals surface area contributed by atoms with Gasteiger partial charge >= 0.3 is 0 Å². The van der Waals surface area contributed by atoms with E-state index >= 15 is 0 Å². The zero-order valence-electron chi connectivity index (χ0n) is 11.6. The van der Waals surface area contributed by atoms with Crippen molar-refractivity contribution in [3.63, 3.8) is 0 Å². The van der Waals surface area contributed by atoms with Gasteiger partial charge in [0.2, 0.25) is 5.91 Å². The number of amides is 1. The van der Waals surface area contributed by atoms with E-state index in [2.05, 4.69) is 10.3 Å². The van der Waals surface area contributed by atoms with Crippen molar-refractivity contribution in [1.82, 2.24) is 15.2 Å². The number of piperidine rings is 1. The molecule has 1 unspecified atom stereocenters. The Balaban J connectivity index is 1.71. The summed E-state index contributed by atoms with van der Waals surface area (Å²) >= 11 is 0. The van der Waals surface area contributed by atoms with E-state index in [1.165, 1.54) is 12.0 Å². The van der Waals surface area contributed by atoms with Gasteiger partial charge in [-0.25, -0.2) is 0 Å². The van der Waals surface area contributed by atoms with Crippen molar-refractivity contribution >= 4 is 5.91 Å². The minimum absolute atomic E-state index is 0.0834. The normalized spacial score (nSPS) is 17.2. The molecule has 19 heavy (non-hydrogen) atoms. The number of nitrogens with one attached hydrogen (secondary N) is 1. The second-order valence-electron chi connectivity index (χ2n) is 5.17. The van der Waals surface area contributed by atoms with Crippen molar-refractivity contribution in [1.29, 1.82) is 0 Å². The van der Waals surface area contributed by atoms with Crippen molar-refractivity contribution in [2.75, 3.05) is 19.6 Å². The zero-order valence-corrected chi connectivity index (χ0v) is 11.6. The molecule has 0 bridgehead atoms. The molecule has 0 radical (unpaired) electrons. The van der Waals surface area contributed by atoms with Crippen LogP contribution in [0.2, 0.25) is 0 Å². The summed E-state index contributed by atoms with van der Waals surface area (Å²) in [4.78, 5) is 18.2. The minimum atomic E-state index is -0.0834. The number of hydrogen-bond acceptors (Lipinski definition) is 3. The first kappa shape index (κ1) is 14.0. The van der Waals surface area contributed by atoms with Gasteiger partial charge < -0.3 is 10.2 Å². The second kappa shape index (κ2) is 7.24. The highest BCUT2D eigenvalue weighted by molar-refractivity contribution is 5.81. The lowest BCUT2D eigenvalue weighted by molar-refractivity contribution is -0.133. The summed E-state index contributed by atoms with van der Waals surface area (Å²) in [5, 5.41) is 3.32. The molecule has 1 aliphatic rings. The molecule has 1 amide bonds. The van der Waals surface area contributed by atoms with E-state index in [9.17, 15) is 4.79 Å². The van der Waals surface area contributed by atoms with Gasteiger partial charge in [-0.3, -0.25) is 9.78 Å². The first-order valence-electron chi connectivity index (χ1n) is 7.18. The number of nitrogens with zero attached hydrogens (tertiary/aromatic N) is 2. The summed E-state index contributed by atoms with van der Waals surface area (Å²) in [6.07, 6.45) is 8.09. The lowest BCUT2D eigenvalue weighted by Crippen LogP contribution is -2.47. The Bertz CT molecular complexity index is 388. The van der Waals surface area contributed by atoms with Gasteiger partial charge in [-0.15, -0.1) is 0 Å². The van der Waals surface area contributed by atoms with Gasteiger partial charge in [-0.2, -0.15) is 0 Å². The molecule has 0 saturated carbocycles. The molecule has 4 nitrogen and oxygen atoms in total. The molecular weight excluding hydrogens is 238 g/mol.